The van der Waals surface area contributed by atoms with Crippen molar-refractivity contribution in [2.75, 3.05) is 40.4 Å². The van der Waals surface area contributed by atoms with Crippen LogP contribution in [0.5, 0.6) is 11.5 Å². The van der Waals surface area contributed by atoms with Crippen LogP contribution >= 0.6 is 0 Å². The summed E-state index contributed by atoms with van der Waals surface area (Å²) in [7, 11) is 2.92. The van der Waals surface area contributed by atoms with Crippen LogP contribution in [-0.4, -0.2) is 73.1 Å². The van der Waals surface area contributed by atoms with Crippen molar-refractivity contribution in [1.82, 2.24) is 9.80 Å². The van der Waals surface area contributed by atoms with Gasteiger partial charge >= 0.3 is 12.1 Å². The van der Waals surface area contributed by atoms with Gasteiger partial charge in [-0.1, -0.05) is 32.0 Å². The van der Waals surface area contributed by atoms with E-state index >= 15 is 0 Å². The maximum absolute atomic E-state index is 14.2. The van der Waals surface area contributed by atoms with Crippen LogP contribution in [0.1, 0.15) is 73.6 Å². The largest absolute Gasteiger partial charge is 0.493 e. The molecule has 1 N–H and O–H groups in total. The Kier molecular flexibility index (Phi) is 9.92. The number of rotatable bonds is 9. The van der Waals surface area contributed by atoms with Gasteiger partial charge in [-0.3, -0.25) is 14.4 Å². The molecule has 2 unspecified atom stereocenters. The molecule has 2 aliphatic heterocycles. The molecule has 4 rings (SSSR count). The lowest BCUT2D eigenvalue weighted by molar-refractivity contribution is -0.143. The molecule has 2 amide bonds. The lowest BCUT2D eigenvalue weighted by atomic mass is 9.81. The third-order valence-electron chi connectivity index (χ3n) is 8.45. The van der Waals surface area contributed by atoms with Gasteiger partial charge in [0.2, 0.25) is 11.8 Å². The first-order valence-corrected chi connectivity index (χ1v) is 14.5. The number of amides is 2. The molecule has 0 bridgehead atoms. The number of benzene rings is 2. The van der Waals surface area contributed by atoms with E-state index in [1.807, 2.05) is 13.8 Å². The number of aliphatic carboxylic acids is 1. The smallest absolute Gasteiger partial charge is 0.416 e. The molecule has 0 aliphatic carbocycles. The number of piperidine rings is 1. The number of methoxy groups -OCH3 is 2. The second-order valence-corrected chi connectivity index (χ2v) is 11.8. The highest BCUT2D eigenvalue weighted by molar-refractivity contribution is 5.90. The van der Waals surface area contributed by atoms with Gasteiger partial charge in [0.15, 0.2) is 11.5 Å². The summed E-state index contributed by atoms with van der Waals surface area (Å²) in [6.07, 6.45) is -3.05. The fourth-order valence-corrected chi connectivity index (χ4v) is 6.32. The SMILES string of the molecule is COc1cccc(C2CN(CC(=O)N3CCC(CC(=O)O)CC3)C(=O)C(CC(C)C)c3ccc(C(F)(F)F)cc32)c1OC. The van der Waals surface area contributed by atoms with Gasteiger partial charge in [-0.05, 0) is 60.4 Å². The molecule has 0 radical (unpaired) electrons. The molecule has 11 heteroatoms. The third kappa shape index (κ3) is 7.25. The summed E-state index contributed by atoms with van der Waals surface area (Å²) in [4.78, 5) is 41.9. The van der Waals surface area contributed by atoms with Crippen molar-refractivity contribution in [2.45, 2.75) is 57.5 Å². The van der Waals surface area contributed by atoms with E-state index in [1.54, 1.807) is 23.1 Å². The zero-order chi connectivity index (χ0) is 31.5. The minimum absolute atomic E-state index is 0.0148. The van der Waals surface area contributed by atoms with E-state index in [-0.39, 0.29) is 43.2 Å². The first-order valence-electron chi connectivity index (χ1n) is 14.5. The molecule has 234 valence electrons. The van der Waals surface area contributed by atoms with E-state index in [4.69, 9.17) is 14.6 Å². The zero-order valence-corrected chi connectivity index (χ0v) is 24.9. The van der Waals surface area contributed by atoms with Gasteiger partial charge in [0.05, 0.1) is 32.2 Å². The number of carbonyl (C=O) groups excluding carboxylic acids is 2. The normalized spacial score (nSPS) is 19.7. The predicted molar refractivity (Wildman–Crippen MR) is 153 cm³/mol. The number of carboxylic acids is 1. The van der Waals surface area contributed by atoms with Crippen molar-refractivity contribution >= 4 is 17.8 Å². The Bertz CT molecular complexity index is 1340. The number of ether oxygens (including phenoxy) is 2. The Hall–Kier alpha value is -3.76. The van der Waals surface area contributed by atoms with Crippen LogP contribution in [0.3, 0.4) is 0 Å². The Morgan fingerprint density at radius 3 is 2.30 bits per heavy atom. The second kappa shape index (κ2) is 13.3. The monoisotopic (exact) mass is 604 g/mol. The Labute approximate surface area is 249 Å². The van der Waals surface area contributed by atoms with Crippen LogP contribution in [0.15, 0.2) is 36.4 Å². The average Bonchev–Trinajstić information content (AvgIpc) is 3.06. The minimum Gasteiger partial charge on any atom is -0.493 e. The van der Waals surface area contributed by atoms with E-state index in [9.17, 15) is 27.6 Å². The highest BCUT2D eigenvalue weighted by Crippen LogP contribution is 2.45. The number of hydrogen-bond donors (Lipinski definition) is 1. The molecule has 0 spiro atoms. The highest BCUT2D eigenvalue weighted by Gasteiger charge is 2.40. The number of likely N-dealkylation sites (tertiary alicyclic amines) is 1. The van der Waals surface area contributed by atoms with Crippen molar-refractivity contribution in [3.63, 3.8) is 0 Å². The van der Waals surface area contributed by atoms with Gasteiger partial charge in [0.25, 0.3) is 0 Å². The fourth-order valence-electron chi connectivity index (χ4n) is 6.32. The molecule has 2 aliphatic rings. The molecule has 0 aromatic heterocycles. The van der Waals surface area contributed by atoms with E-state index in [2.05, 4.69) is 0 Å². The van der Waals surface area contributed by atoms with Gasteiger partial charge in [-0.15, -0.1) is 0 Å². The molecule has 2 aromatic rings. The number of nitrogens with zero attached hydrogens (tertiary/aromatic N) is 2. The van der Waals surface area contributed by atoms with Crippen molar-refractivity contribution in [2.24, 2.45) is 11.8 Å². The number of carbonyl (C=O) groups is 3. The van der Waals surface area contributed by atoms with E-state index in [1.165, 1.54) is 25.2 Å². The molecule has 2 atom stereocenters. The molecule has 1 saturated heterocycles. The Balaban J connectivity index is 1.78. The summed E-state index contributed by atoms with van der Waals surface area (Å²) < 4.78 is 53.1. The maximum Gasteiger partial charge on any atom is 0.416 e. The molecule has 2 aromatic carbocycles. The second-order valence-electron chi connectivity index (χ2n) is 11.8. The number of halogens is 3. The molecular formula is C32H39F3N2O6. The topological polar surface area (TPSA) is 96.4 Å². The third-order valence-corrected chi connectivity index (χ3v) is 8.45. The Morgan fingerprint density at radius 2 is 1.72 bits per heavy atom. The molecule has 0 saturated carbocycles. The summed E-state index contributed by atoms with van der Waals surface area (Å²) in [5.41, 5.74) is 0.603. The van der Waals surface area contributed by atoms with E-state index in [0.29, 0.717) is 60.5 Å². The summed E-state index contributed by atoms with van der Waals surface area (Å²) >= 11 is 0. The van der Waals surface area contributed by atoms with Gasteiger partial charge in [-0.25, -0.2) is 0 Å². The summed E-state index contributed by atoms with van der Waals surface area (Å²) in [5.74, 6) is -2.16. The number of alkyl halides is 3. The number of carboxylic acid groups (broad SMARTS) is 1. The summed E-state index contributed by atoms with van der Waals surface area (Å²) in [6.45, 7) is 4.39. The van der Waals surface area contributed by atoms with Gasteiger partial charge in [-0.2, -0.15) is 13.2 Å². The predicted octanol–water partition coefficient (Wildman–Crippen LogP) is 5.54. The summed E-state index contributed by atoms with van der Waals surface area (Å²) in [6, 6.07) is 8.70. The minimum atomic E-state index is -4.59. The van der Waals surface area contributed by atoms with Crippen LogP contribution in [0.2, 0.25) is 0 Å². The van der Waals surface area contributed by atoms with Crippen molar-refractivity contribution in [3.8, 4) is 11.5 Å². The average molecular weight is 605 g/mol. The zero-order valence-electron chi connectivity index (χ0n) is 24.9. The van der Waals surface area contributed by atoms with Crippen LogP contribution in [0.25, 0.3) is 0 Å². The van der Waals surface area contributed by atoms with Crippen LogP contribution in [0.4, 0.5) is 13.2 Å². The fraction of sp³-hybridized carbons (Fsp3) is 0.531. The molecular weight excluding hydrogens is 565 g/mol. The molecule has 8 nitrogen and oxygen atoms in total. The van der Waals surface area contributed by atoms with Crippen molar-refractivity contribution < 1.29 is 42.1 Å². The Morgan fingerprint density at radius 1 is 1.02 bits per heavy atom. The van der Waals surface area contributed by atoms with Crippen LogP contribution < -0.4 is 9.47 Å². The maximum atomic E-state index is 14.2. The van der Waals surface area contributed by atoms with Crippen molar-refractivity contribution in [1.29, 1.82) is 0 Å². The highest BCUT2D eigenvalue weighted by atomic mass is 19.4. The van der Waals surface area contributed by atoms with E-state index in [0.717, 1.165) is 12.1 Å². The lowest BCUT2D eigenvalue weighted by Gasteiger charge is -2.34. The molecule has 43 heavy (non-hydrogen) atoms. The molecule has 1 fully saturated rings. The van der Waals surface area contributed by atoms with Gasteiger partial charge < -0.3 is 24.4 Å². The van der Waals surface area contributed by atoms with Crippen molar-refractivity contribution in [3.05, 3.63) is 58.7 Å². The molecule has 2 heterocycles. The van der Waals surface area contributed by atoms with Gasteiger partial charge in [0.1, 0.15) is 0 Å². The van der Waals surface area contributed by atoms with E-state index < -0.39 is 29.5 Å². The van der Waals surface area contributed by atoms with Gasteiger partial charge in [0, 0.05) is 37.5 Å². The first kappa shape index (κ1) is 32.2. The lowest BCUT2D eigenvalue weighted by Crippen LogP contribution is -2.47. The standard InChI is InChI=1S/C32H39F3N2O6/c1-19(2)14-25-22-9-8-21(32(33,34)35)16-24(22)26(23-6-5-7-27(42-3)30(23)43-4)17-37(31(25)41)18-28(38)36-12-10-20(11-13-36)15-29(39)40/h5-9,16,19-20,25-26H,10-15,17-18H2,1-4H3,(H,39,40). The number of fused-ring (bicyclic) bond motifs is 1. The van der Waals surface area contributed by atoms with Crippen LogP contribution in [0, 0.1) is 11.8 Å². The number of para-hydroxylation sites is 1. The quantitative estimate of drug-likeness (QED) is 0.404. The number of hydrogen-bond acceptors (Lipinski definition) is 5. The first-order chi connectivity index (χ1) is 20.3. The summed E-state index contributed by atoms with van der Waals surface area (Å²) in [5, 5.41) is 9.12. The van der Waals surface area contributed by atoms with Crippen LogP contribution in [-0.2, 0) is 20.6 Å².